The largest absolute Gasteiger partial charge is 0.492 e. The van der Waals surface area contributed by atoms with Crippen LogP contribution in [0.5, 0.6) is 11.5 Å². The zero-order chi connectivity index (χ0) is 19.9. The molecule has 7 heteroatoms. The van der Waals surface area contributed by atoms with E-state index in [-0.39, 0.29) is 17.0 Å². The van der Waals surface area contributed by atoms with Gasteiger partial charge < -0.3 is 19.9 Å². The molecule has 0 aliphatic rings. The quantitative estimate of drug-likeness (QED) is 0.644. The fraction of sp³-hybridized carbons (Fsp3) is 0.400. The van der Waals surface area contributed by atoms with Gasteiger partial charge >= 0.3 is 0 Å². The molecule has 2 N–H and O–H groups in total. The first kappa shape index (κ1) is 21.2. The molecule has 6 nitrogen and oxygen atoms in total. The Morgan fingerprint density at radius 2 is 1.59 bits per heavy atom. The maximum absolute atomic E-state index is 11.4. The van der Waals surface area contributed by atoms with Crippen molar-refractivity contribution in [3.05, 3.63) is 54.6 Å². The van der Waals surface area contributed by atoms with E-state index >= 15 is 0 Å². The predicted octanol–water partition coefficient (Wildman–Crippen LogP) is 2.28. The molecule has 0 amide bonds. The monoisotopic (exact) mass is 393 g/mol. The first-order valence-electron chi connectivity index (χ1n) is 8.70. The third kappa shape index (κ3) is 7.58. The molecule has 0 saturated carbocycles. The zero-order valence-corrected chi connectivity index (χ0v) is 16.7. The minimum Gasteiger partial charge on any atom is -0.492 e. The zero-order valence-electron chi connectivity index (χ0n) is 15.9. The average molecular weight is 394 g/mol. The number of β-amino-alcohol motifs (C(OH)–C–C–N with tert-alkyl or cyclic N) is 1. The lowest BCUT2D eigenvalue weighted by Crippen LogP contribution is -2.48. The number of nitrogens with one attached hydrogen (secondary N) is 1. The van der Waals surface area contributed by atoms with Crippen molar-refractivity contribution < 1.29 is 23.0 Å². The summed E-state index contributed by atoms with van der Waals surface area (Å²) in [6.07, 6.45) is 0.442. The number of para-hydroxylation sites is 1. The van der Waals surface area contributed by atoms with Crippen molar-refractivity contribution in [2.24, 2.45) is 0 Å². The van der Waals surface area contributed by atoms with E-state index in [2.05, 4.69) is 5.32 Å². The second-order valence-electron chi connectivity index (χ2n) is 7.07. The summed E-state index contributed by atoms with van der Waals surface area (Å²) in [6.45, 7) is 4.88. The van der Waals surface area contributed by atoms with Crippen molar-refractivity contribution in [1.29, 1.82) is 0 Å². The molecular formula is C20H27NO5S. The van der Waals surface area contributed by atoms with E-state index in [1.807, 2.05) is 44.2 Å². The normalized spacial score (nSPS) is 13.2. The van der Waals surface area contributed by atoms with Gasteiger partial charge in [0, 0.05) is 18.3 Å². The predicted molar refractivity (Wildman–Crippen MR) is 105 cm³/mol. The molecule has 0 aromatic heterocycles. The molecule has 2 aromatic rings. The SMILES string of the molecule is CC(C)(COc1ccccc1)NCC(O)COc1ccc(S(C)(=O)=O)cc1. The lowest BCUT2D eigenvalue weighted by atomic mass is 10.1. The fourth-order valence-electron chi connectivity index (χ4n) is 2.26. The van der Waals surface area contributed by atoms with Crippen molar-refractivity contribution in [3.63, 3.8) is 0 Å². The number of ether oxygens (including phenoxy) is 2. The van der Waals surface area contributed by atoms with E-state index in [0.717, 1.165) is 12.0 Å². The summed E-state index contributed by atoms with van der Waals surface area (Å²) >= 11 is 0. The molecule has 1 unspecified atom stereocenters. The van der Waals surface area contributed by atoms with Crippen LogP contribution in [0.4, 0.5) is 0 Å². The molecule has 1 atom stereocenters. The highest BCUT2D eigenvalue weighted by atomic mass is 32.2. The summed E-state index contributed by atoms with van der Waals surface area (Å²) in [5, 5.41) is 13.4. The molecule has 0 aliphatic heterocycles. The van der Waals surface area contributed by atoms with Gasteiger partial charge in [-0.1, -0.05) is 18.2 Å². The molecule has 0 heterocycles. The average Bonchev–Trinajstić information content (AvgIpc) is 2.64. The molecule has 0 aliphatic carbocycles. The van der Waals surface area contributed by atoms with Crippen molar-refractivity contribution in [3.8, 4) is 11.5 Å². The Morgan fingerprint density at radius 1 is 1.00 bits per heavy atom. The fourth-order valence-corrected chi connectivity index (χ4v) is 2.89. The number of hydrogen-bond donors (Lipinski definition) is 2. The number of benzene rings is 2. The molecule has 0 radical (unpaired) electrons. The van der Waals surface area contributed by atoms with Gasteiger partial charge in [0.25, 0.3) is 0 Å². The molecule has 2 rings (SSSR count). The Labute approximate surface area is 161 Å². The van der Waals surface area contributed by atoms with Gasteiger partial charge in [-0.25, -0.2) is 8.42 Å². The van der Waals surface area contributed by atoms with E-state index in [1.54, 1.807) is 12.1 Å². The third-order valence-electron chi connectivity index (χ3n) is 3.85. The summed E-state index contributed by atoms with van der Waals surface area (Å²) in [5.74, 6) is 1.31. The number of rotatable bonds is 10. The summed E-state index contributed by atoms with van der Waals surface area (Å²) in [6, 6.07) is 15.7. The van der Waals surface area contributed by atoms with Crippen LogP contribution in [0.15, 0.2) is 59.5 Å². The highest BCUT2D eigenvalue weighted by Crippen LogP contribution is 2.16. The molecular weight excluding hydrogens is 366 g/mol. The number of aliphatic hydroxyl groups excluding tert-OH is 1. The van der Waals surface area contributed by atoms with E-state index in [1.165, 1.54) is 12.1 Å². The van der Waals surface area contributed by atoms with Crippen LogP contribution in [0.1, 0.15) is 13.8 Å². The Morgan fingerprint density at radius 3 is 2.19 bits per heavy atom. The maximum Gasteiger partial charge on any atom is 0.175 e. The van der Waals surface area contributed by atoms with E-state index < -0.39 is 15.9 Å². The topological polar surface area (TPSA) is 84.9 Å². The first-order valence-corrected chi connectivity index (χ1v) is 10.6. The Balaban J connectivity index is 1.74. The highest BCUT2D eigenvalue weighted by Gasteiger charge is 2.20. The van der Waals surface area contributed by atoms with Crippen molar-refractivity contribution in [2.75, 3.05) is 26.0 Å². The van der Waals surface area contributed by atoms with Crippen LogP contribution < -0.4 is 14.8 Å². The number of hydrogen-bond acceptors (Lipinski definition) is 6. The van der Waals surface area contributed by atoms with Crippen LogP contribution in [0.2, 0.25) is 0 Å². The molecule has 0 fully saturated rings. The summed E-state index contributed by atoms with van der Waals surface area (Å²) in [7, 11) is -3.23. The van der Waals surface area contributed by atoms with Crippen LogP contribution >= 0.6 is 0 Å². The van der Waals surface area contributed by atoms with Gasteiger partial charge in [0.15, 0.2) is 9.84 Å². The summed E-state index contributed by atoms with van der Waals surface area (Å²) in [5.41, 5.74) is -0.325. The minimum atomic E-state index is -3.23. The van der Waals surface area contributed by atoms with Gasteiger partial charge in [-0.3, -0.25) is 0 Å². The van der Waals surface area contributed by atoms with Crippen LogP contribution in [0.25, 0.3) is 0 Å². The van der Waals surface area contributed by atoms with Crippen LogP contribution in [-0.2, 0) is 9.84 Å². The number of aliphatic hydroxyl groups is 1. The van der Waals surface area contributed by atoms with Crippen LogP contribution in [0.3, 0.4) is 0 Å². The van der Waals surface area contributed by atoms with Gasteiger partial charge in [-0.15, -0.1) is 0 Å². The molecule has 0 saturated heterocycles. The Kier molecular flexibility index (Phi) is 7.24. The lowest BCUT2D eigenvalue weighted by Gasteiger charge is -2.27. The van der Waals surface area contributed by atoms with E-state index in [0.29, 0.717) is 18.9 Å². The number of sulfone groups is 1. The summed E-state index contributed by atoms with van der Waals surface area (Å²) < 4.78 is 34.1. The van der Waals surface area contributed by atoms with Gasteiger partial charge in [-0.05, 0) is 50.2 Å². The highest BCUT2D eigenvalue weighted by molar-refractivity contribution is 7.90. The second kappa shape index (κ2) is 9.21. The third-order valence-corrected chi connectivity index (χ3v) is 4.98. The van der Waals surface area contributed by atoms with E-state index in [9.17, 15) is 13.5 Å². The second-order valence-corrected chi connectivity index (χ2v) is 9.09. The van der Waals surface area contributed by atoms with Crippen molar-refractivity contribution in [1.82, 2.24) is 5.32 Å². The van der Waals surface area contributed by atoms with Crippen molar-refractivity contribution in [2.45, 2.75) is 30.4 Å². The molecule has 2 aromatic carbocycles. The minimum absolute atomic E-state index is 0.0981. The van der Waals surface area contributed by atoms with Gasteiger partial charge in [0.05, 0.1) is 4.90 Å². The van der Waals surface area contributed by atoms with Gasteiger partial charge in [0.2, 0.25) is 0 Å². The van der Waals surface area contributed by atoms with Gasteiger partial charge in [0.1, 0.15) is 30.8 Å². The van der Waals surface area contributed by atoms with E-state index in [4.69, 9.17) is 9.47 Å². The Hall–Kier alpha value is -2.09. The van der Waals surface area contributed by atoms with Crippen molar-refractivity contribution >= 4 is 9.84 Å². The Bertz CT molecular complexity index is 804. The molecule has 0 spiro atoms. The van der Waals surface area contributed by atoms with Gasteiger partial charge in [-0.2, -0.15) is 0 Å². The standard InChI is InChI=1S/C20H27NO5S/c1-20(2,15-26-17-7-5-4-6-8-17)21-13-16(22)14-25-18-9-11-19(12-10-18)27(3,23)24/h4-12,16,21-22H,13-15H2,1-3H3. The molecule has 27 heavy (non-hydrogen) atoms. The first-order chi connectivity index (χ1) is 12.7. The summed E-state index contributed by atoms with van der Waals surface area (Å²) in [4.78, 5) is 0.234. The smallest absolute Gasteiger partial charge is 0.175 e. The van der Waals surface area contributed by atoms with Crippen LogP contribution in [0, 0.1) is 0 Å². The molecule has 0 bridgehead atoms. The maximum atomic E-state index is 11.4. The van der Waals surface area contributed by atoms with Crippen LogP contribution in [-0.4, -0.2) is 51.2 Å². The lowest BCUT2D eigenvalue weighted by molar-refractivity contribution is 0.0927. The molecule has 148 valence electrons.